The molecule has 1 aliphatic rings. The number of rotatable bonds is 6. The SMILES string of the molecule is CC(C)c1ccc([C@H](C)NS(=O)(=O)CC2CCOCC2)cc1. The van der Waals surface area contributed by atoms with Crippen molar-refractivity contribution in [3.8, 4) is 0 Å². The van der Waals surface area contributed by atoms with Crippen LogP contribution in [0.25, 0.3) is 0 Å². The molecule has 4 nitrogen and oxygen atoms in total. The molecule has 0 aliphatic carbocycles. The second kappa shape index (κ2) is 7.57. The minimum Gasteiger partial charge on any atom is -0.381 e. The number of nitrogens with one attached hydrogen (secondary N) is 1. The lowest BCUT2D eigenvalue weighted by Crippen LogP contribution is -2.33. The third-order valence-electron chi connectivity index (χ3n) is 4.26. The minimum absolute atomic E-state index is 0.199. The Balaban J connectivity index is 1.95. The highest BCUT2D eigenvalue weighted by Crippen LogP contribution is 2.21. The highest BCUT2D eigenvalue weighted by molar-refractivity contribution is 7.89. The molecule has 1 fully saturated rings. The molecule has 0 bridgehead atoms. The van der Waals surface area contributed by atoms with Gasteiger partial charge in [0.2, 0.25) is 10.0 Å². The van der Waals surface area contributed by atoms with Crippen LogP contribution in [0, 0.1) is 5.92 Å². The highest BCUT2D eigenvalue weighted by Gasteiger charge is 2.23. The molecule has 124 valence electrons. The molecule has 0 radical (unpaired) electrons. The quantitative estimate of drug-likeness (QED) is 0.874. The maximum atomic E-state index is 12.3. The first-order valence-electron chi connectivity index (χ1n) is 8.05. The third-order valence-corrected chi connectivity index (χ3v) is 5.88. The average molecular weight is 325 g/mol. The van der Waals surface area contributed by atoms with Crippen molar-refractivity contribution in [1.29, 1.82) is 0 Å². The van der Waals surface area contributed by atoms with E-state index < -0.39 is 10.0 Å². The van der Waals surface area contributed by atoms with Crippen LogP contribution >= 0.6 is 0 Å². The monoisotopic (exact) mass is 325 g/mol. The summed E-state index contributed by atoms with van der Waals surface area (Å²) in [4.78, 5) is 0. The fraction of sp³-hybridized carbons (Fsp3) is 0.647. The van der Waals surface area contributed by atoms with E-state index >= 15 is 0 Å². The van der Waals surface area contributed by atoms with Crippen molar-refractivity contribution in [2.45, 2.75) is 45.6 Å². The summed E-state index contributed by atoms with van der Waals surface area (Å²) in [5, 5.41) is 0. The van der Waals surface area contributed by atoms with Gasteiger partial charge >= 0.3 is 0 Å². The topological polar surface area (TPSA) is 55.4 Å². The molecule has 0 unspecified atom stereocenters. The molecule has 0 saturated carbocycles. The molecule has 1 aromatic rings. The summed E-state index contributed by atoms with van der Waals surface area (Å²) in [7, 11) is -3.26. The second-order valence-electron chi connectivity index (χ2n) is 6.50. The van der Waals surface area contributed by atoms with Crippen LogP contribution in [0.5, 0.6) is 0 Å². The Morgan fingerprint density at radius 2 is 1.64 bits per heavy atom. The minimum atomic E-state index is -3.26. The summed E-state index contributed by atoms with van der Waals surface area (Å²) in [5.41, 5.74) is 2.26. The molecule has 1 heterocycles. The summed E-state index contributed by atoms with van der Waals surface area (Å²) >= 11 is 0. The Morgan fingerprint density at radius 1 is 1.09 bits per heavy atom. The van der Waals surface area contributed by atoms with Gasteiger partial charge in [-0.2, -0.15) is 0 Å². The molecule has 1 atom stereocenters. The van der Waals surface area contributed by atoms with E-state index in [2.05, 4.69) is 30.7 Å². The van der Waals surface area contributed by atoms with Crippen molar-refractivity contribution >= 4 is 10.0 Å². The third kappa shape index (κ3) is 5.07. The lowest BCUT2D eigenvalue weighted by atomic mass is 10.00. The summed E-state index contributed by atoms with van der Waals surface area (Å²) in [6.45, 7) is 7.54. The molecule has 1 aliphatic heterocycles. The largest absolute Gasteiger partial charge is 0.381 e. The summed E-state index contributed by atoms with van der Waals surface area (Å²) in [6, 6.07) is 7.96. The number of hydrogen-bond acceptors (Lipinski definition) is 3. The molecular formula is C17H27NO3S. The first-order valence-corrected chi connectivity index (χ1v) is 9.70. The average Bonchev–Trinajstić information content (AvgIpc) is 2.47. The molecule has 0 amide bonds. The van der Waals surface area contributed by atoms with E-state index in [-0.39, 0.29) is 17.7 Å². The van der Waals surface area contributed by atoms with Gasteiger partial charge in [0.05, 0.1) is 5.75 Å². The molecular weight excluding hydrogens is 298 g/mol. The van der Waals surface area contributed by atoms with Gasteiger partial charge in [-0.15, -0.1) is 0 Å². The summed E-state index contributed by atoms with van der Waals surface area (Å²) in [6.07, 6.45) is 1.66. The highest BCUT2D eigenvalue weighted by atomic mass is 32.2. The first-order chi connectivity index (χ1) is 10.4. The molecule has 1 saturated heterocycles. The fourth-order valence-electron chi connectivity index (χ4n) is 2.78. The predicted molar refractivity (Wildman–Crippen MR) is 89.4 cm³/mol. The number of sulfonamides is 1. The normalized spacial score (nSPS) is 18.5. The van der Waals surface area contributed by atoms with Crippen LogP contribution in [0.15, 0.2) is 24.3 Å². The Hall–Kier alpha value is -0.910. The van der Waals surface area contributed by atoms with Crippen LogP contribution < -0.4 is 4.72 Å². The van der Waals surface area contributed by atoms with Crippen molar-refractivity contribution in [3.63, 3.8) is 0 Å². The van der Waals surface area contributed by atoms with Gasteiger partial charge in [0.25, 0.3) is 0 Å². The first kappa shape index (κ1) is 17.4. The summed E-state index contributed by atoms with van der Waals surface area (Å²) in [5.74, 6) is 0.890. The van der Waals surface area contributed by atoms with Crippen molar-refractivity contribution in [1.82, 2.24) is 4.72 Å². The Kier molecular flexibility index (Phi) is 6.01. The predicted octanol–water partition coefficient (Wildman–Crippen LogP) is 3.22. The van der Waals surface area contributed by atoms with Gasteiger partial charge in [-0.05, 0) is 42.7 Å². The lowest BCUT2D eigenvalue weighted by molar-refractivity contribution is 0.0723. The number of ether oxygens (including phenoxy) is 1. The van der Waals surface area contributed by atoms with Crippen molar-refractivity contribution in [2.75, 3.05) is 19.0 Å². The number of hydrogen-bond donors (Lipinski definition) is 1. The molecule has 1 N–H and O–H groups in total. The standard InChI is InChI=1S/C17H27NO3S/c1-13(2)16-4-6-17(7-5-16)14(3)18-22(19,20)12-15-8-10-21-11-9-15/h4-7,13-15,18H,8-12H2,1-3H3/t14-/m0/s1. The zero-order valence-corrected chi connectivity index (χ0v) is 14.5. The van der Waals surface area contributed by atoms with E-state index in [1.165, 1.54) is 5.56 Å². The van der Waals surface area contributed by atoms with Crippen LogP contribution in [0.2, 0.25) is 0 Å². The van der Waals surface area contributed by atoms with Crippen LogP contribution in [0.3, 0.4) is 0 Å². The van der Waals surface area contributed by atoms with Gasteiger partial charge in [0, 0.05) is 19.3 Å². The Morgan fingerprint density at radius 3 is 2.18 bits per heavy atom. The molecule has 1 aromatic carbocycles. The van der Waals surface area contributed by atoms with Crippen molar-refractivity contribution in [3.05, 3.63) is 35.4 Å². The molecule has 0 aromatic heterocycles. The van der Waals surface area contributed by atoms with Crippen LogP contribution in [-0.4, -0.2) is 27.4 Å². The van der Waals surface area contributed by atoms with Gasteiger partial charge in [0.15, 0.2) is 0 Å². The van der Waals surface area contributed by atoms with E-state index in [1.807, 2.05) is 19.1 Å². The van der Waals surface area contributed by atoms with Gasteiger partial charge in [-0.1, -0.05) is 38.1 Å². The second-order valence-corrected chi connectivity index (χ2v) is 8.30. The van der Waals surface area contributed by atoms with Gasteiger partial charge in [0.1, 0.15) is 0 Å². The van der Waals surface area contributed by atoms with E-state index in [0.29, 0.717) is 19.1 Å². The van der Waals surface area contributed by atoms with Crippen LogP contribution in [0.1, 0.15) is 56.7 Å². The van der Waals surface area contributed by atoms with Gasteiger partial charge in [-0.3, -0.25) is 0 Å². The van der Waals surface area contributed by atoms with E-state index in [9.17, 15) is 8.42 Å². The molecule has 0 spiro atoms. The zero-order valence-electron chi connectivity index (χ0n) is 13.7. The maximum Gasteiger partial charge on any atom is 0.212 e. The Bertz CT molecular complexity index is 560. The van der Waals surface area contributed by atoms with Gasteiger partial charge < -0.3 is 4.74 Å². The molecule has 2 rings (SSSR count). The van der Waals surface area contributed by atoms with Gasteiger partial charge in [-0.25, -0.2) is 13.1 Å². The van der Waals surface area contributed by atoms with E-state index in [0.717, 1.165) is 18.4 Å². The molecule has 22 heavy (non-hydrogen) atoms. The number of benzene rings is 1. The maximum absolute atomic E-state index is 12.3. The van der Waals surface area contributed by atoms with Crippen molar-refractivity contribution in [2.24, 2.45) is 5.92 Å². The smallest absolute Gasteiger partial charge is 0.212 e. The Labute approximate surface area is 134 Å². The van der Waals surface area contributed by atoms with E-state index in [4.69, 9.17) is 4.74 Å². The van der Waals surface area contributed by atoms with Crippen molar-refractivity contribution < 1.29 is 13.2 Å². The van der Waals surface area contributed by atoms with Crippen LogP contribution in [0.4, 0.5) is 0 Å². The lowest BCUT2D eigenvalue weighted by Gasteiger charge is -2.23. The van der Waals surface area contributed by atoms with Crippen LogP contribution in [-0.2, 0) is 14.8 Å². The molecule has 5 heteroatoms. The van der Waals surface area contributed by atoms with E-state index in [1.54, 1.807) is 0 Å². The fourth-order valence-corrected chi connectivity index (χ4v) is 4.50. The zero-order chi connectivity index (χ0) is 16.2. The summed E-state index contributed by atoms with van der Waals surface area (Å²) < 4.78 is 32.7.